The van der Waals surface area contributed by atoms with Crippen LogP contribution in [0.3, 0.4) is 0 Å². The van der Waals surface area contributed by atoms with E-state index in [1.807, 2.05) is 44.2 Å². The molecule has 1 rings (SSSR count). The van der Waals surface area contributed by atoms with Crippen molar-refractivity contribution in [3.05, 3.63) is 35.9 Å². The Kier molecular flexibility index (Phi) is 5.35. The number of aliphatic carboxylic acids is 1. The molecule has 0 amide bonds. The molecule has 0 saturated carbocycles. The van der Waals surface area contributed by atoms with Gasteiger partial charge in [-0.25, -0.2) is 4.79 Å². The maximum Gasteiger partial charge on any atom is 0.335 e. The van der Waals surface area contributed by atoms with E-state index in [9.17, 15) is 9.90 Å². The summed E-state index contributed by atoms with van der Waals surface area (Å²) in [6, 6.07) is 9.95. The summed E-state index contributed by atoms with van der Waals surface area (Å²) in [5, 5.41) is 9.31. The molecule has 2 unspecified atom stereocenters. The molecule has 18 heavy (non-hydrogen) atoms. The molecule has 1 aromatic carbocycles. The first kappa shape index (κ1) is 14.7. The second-order valence-corrected chi connectivity index (χ2v) is 4.81. The summed E-state index contributed by atoms with van der Waals surface area (Å²) in [7, 11) is 0. The second kappa shape index (κ2) is 6.55. The molecule has 3 heteroatoms. The maximum atomic E-state index is 11.3. The standard InChI is InChI=1S/C15H22O3/c1-4-12(2)15(3,14(16)17)18-11-10-13-8-6-5-7-9-13/h5-9,12H,4,10-11H2,1-3H3,(H,16,17). The number of carboxylic acid groups (broad SMARTS) is 1. The molecule has 0 spiro atoms. The Bertz CT molecular complexity index is 375. The van der Waals surface area contributed by atoms with Gasteiger partial charge in [0.15, 0.2) is 5.60 Å². The number of carbonyl (C=O) groups is 1. The van der Waals surface area contributed by atoms with Crippen LogP contribution in [0.2, 0.25) is 0 Å². The van der Waals surface area contributed by atoms with Gasteiger partial charge in [0.25, 0.3) is 0 Å². The maximum absolute atomic E-state index is 11.3. The zero-order valence-corrected chi connectivity index (χ0v) is 11.3. The van der Waals surface area contributed by atoms with E-state index in [2.05, 4.69) is 0 Å². The zero-order chi connectivity index (χ0) is 13.6. The second-order valence-electron chi connectivity index (χ2n) is 4.81. The van der Waals surface area contributed by atoms with Crippen molar-refractivity contribution in [2.24, 2.45) is 5.92 Å². The van der Waals surface area contributed by atoms with Crippen LogP contribution in [0.4, 0.5) is 0 Å². The first-order valence-corrected chi connectivity index (χ1v) is 6.42. The van der Waals surface area contributed by atoms with Crippen LogP contribution in [0.1, 0.15) is 32.8 Å². The van der Waals surface area contributed by atoms with Crippen LogP contribution in [0.25, 0.3) is 0 Å². The van der Waals surface area contributed by atoms with Crippen molar-refractivity contribution in [3.8, 4) is 0 Å². The summed E-state index contributed by atoms with van der Waals surface area (Å²) >= 11 is 0. The van der Waals surface area contributed by atoms with Crippen LogP contribution in [0.5, 0.6) is 0 Å². The van der Waals surface area contributed by atoms with Gasteiger partial charge in [0.2, 0.25) is 0 Å². The van der Waals surface area contributed by atoms with E-state index in [0.717, 1.165) is 18.4 Å². The summed E-state index contributed by atoms with van der Waals surface area (Å²) in [4.78, 5) is 11.3. The molecule has 0 heterocycles. The number of hydrogen-bond donors (Lipinski definition) is 1. The van der Waals surface area contributed by atoms with E-state index < -0.39 is 11.6 Å². The van der Waals surface area contributed by atoms with Gasteiger partial charge in [-0.15, -0.1) is 0 Å². The largest absolute Gasteiger partial charge is 0.479 e. The third kappa shape index (κ3) is 3.57. The summed E-state index contributed by atoms with van der Waals surface area (Å²) in [5.41, 5.74) is 0.0678. The van der Waals surface area contributed by atoms with E-state index in [-0.39, 0.29) is 5.92 Å². The lowest BCUT2D eigenvalue weighted by Crippen LogP contribution is -2.44. The smallest absolute Gasteiger partial charge is 0.335 e. The minimum atomic E-state index is -1.09. The van der Waals surface area contributed by atoms with Crippen LogP contribution in [0.15, 0.2) is 30.3 Å². The third-order valence-corrected chi connectivity index (χ3v) is 3.61. The fourth-order valence-electron chi connectivity index (χ4n) is 1.83. The lowest BCUT2D eigenvalue weighted by Gasteiger charge is -2.31. The molecule has 0 fully saturated rings. The average Bonchev–Trinajstić information content (AvgIpc) is 2.38. The molecule has 0 aromatic heterocycles. The van der Waals surface area contributed by atoms with Crippen molar-refractivity contribution in [2.75, 3.05) is 6.61 Å². The molecule has 0 aliphatic rings. The topological polar surface area (TPSA) is 46.5 Å². The minimum Gasteiger partial charge on any atom is -0.479 e. The monoisotopic (exact) mass is 250 g/mol. The average molecular weight is 250 g/mol. The molecular formula is C15H22O3. The molecule has 0 bridgehead atoms. The number of rotatable bonds is 7. The van der Waals surface area contributed by atoms with E-state index in [1.54, 1.807) is 6.92 Å². The molecule has 100 valence electrons. The first-order chi connectivity index (χ1) is 8.50. The van der Waals surface area contributed by atoms with Crippen molar-refractivity contribution in [3.63, 3.8) is 0 Å². The van der Waals surface area contributed by atoms with Gasteiger partial charge in [-0.05, 0) is 24.8 Å². The van der Waals surface area contributed by atoms with Crippen LogP contribution >= 0.6 is 0 Å². The molecule has 0 aliphatic heterocycles. The highest BCUT2D eigenvalue weighted by Crippen LogP contribution is 2.25. The number of ether oxygens (including phenoxy) is 1. The lowest BCUT2D eigenvalue weighted by atomic mass is 9.88. The van der Waals surface area contributed by atoms with Gasteiger partial charge in [-0.2, -0.15) is 0 Å². The molecule has 3 nitrogen and oxygen atoms in total. The summed E-state index contributed by atoms with van der Waals surface area (Å²) < 4.78 is 5.65. The van der Waals surface area contributed by atoms with Gasteiger partial charge >= 0.3 is 5.97 Å². The Hall–Kier alpha value is -1.35. The van der Waals surface area contributed by atoms with Crippen molar-refractivity contribution in [2.45, 2.75) is 39.2 Å². The zero-order valence-electron chi connectivity index (χ0n) is 11.3. The Morgan fingerprint density at radius 2 is 2.00 bits per heavy atom. The molecule has 0 saturated heterocycles. The minimum absolute atomic E-state index is 0.00854. The van der Waals surface area contributed by atoms with Crippen LogP contribution in [0, 0.1) is 5.92 Å². The van der Waals surface area contributed by atoms with Gasteiger partial charge in [0.05, 0.1) is 6.61 Å². The predicted molar refractivity (Wildman–Crippen MR) is 71.6 cm³/mol. The van der Waals surface area contributed by atoms with Crippen molar-refractivity contribution in [1.82, 2.24) is 0 Å². The Balaban J connectivity index is 2.56. The van der Waals surface area contributed by atoms with Gasteiger partial charge in [-0.1, -0.05) is 50.6 Å². The SMILES string of the molecule is CCC(C)C(C)(OCCc1ccccc1)C(=O)O. The van der Waals surface area contributed by atoms with Crippen LogP contribution < -0.4 is 0 Å². The molecule has 0 radical (unpaired) electrons. The highest BCUT2D eigenvalue weighted by atomic mass is 16.5. The van der Waals surface area contributed by atoms with Crippen molar-refractivity contribution < 1.29 is 14.6 Å². The number of hydrogen-bond acceptors (Lipinski definition) is 2. The van der Waals surface area contributed by atoms with E-state index >= 15 is 0 Å². The summed E-state index contributed by atoms with van der Waals surface area (Å²) in [5.74, 6) is -0.893. The van der Waals surface area contributed by atoms with E-state index in [1.165, 1.54) is 0 Å². The Labute approximate surface area is 109 Å². The first-order valence-electron chi connectivity index (χ1n) is 6.42. The van der Waals surface area contributed by atoms with Crippen LogP contribution in [-0.4, -0.2) is 23.3 Å². The molecule has 0 aliphatic carbocycles. The van der Waals surface area contributed by atoms with E-state index in [0.29, 0.717) is 6.61 Å². The van der Waals surface area contributed by atoms with Gasteiger partial charge in [-0.3, -0.25) is 0 Å². The Morgan fingerprint density at radius 1 is 1.39 bits per heavy atom. The summed E-state index contributed by atoms with van der Waals surface area (Å²) in [6.07, 6.45) is 1.52. The van der Waals surface area contributed by atoms with Gasteiger partial charge in [0, 0.05) is 0 Å². The lowest BCUT2D eigenvalue weighted by molar-refractivity contribution is -0.170. The van der Waals surface area contributed by atoms with Gasteiger partial charge < -0.3 is 9.84 Å². The molecule has 1 aromatic rings. The predicted octanol–water partition coefficient (Wildman–Crippen LogP) is 3.14. The molecule has 1 N–H and O–H groups in total. The molecule has 2 atom stereocenters. The Morgan fingerprint density at radius 3 is 2.50 bits per heavy atom. The third-order valence-electron chi connectivity index (χ3n) is 3.61. The van der Waals surface area contributed by atoms with Crippen molar-refractivity contribution in [1.29, 1.82) is 0 Å². The number of carboxylic acids is 1. The van der Waals surface area contributed by atoms with Crippen LogP contribution in [-0.2, 0) is 16.0 Å². The summed E-state index contributed by atoms with van der Waals surface area (Å²) in [6.45, 7) is 5.98. The fourth-order valence-corrected chi connectivity index (χ4v) is 1.83. The normalized spacial score (nSPS) is 15.9. The molecular weight excluding hydrogens is 228 g/mol. The number of benzene rings is 1. The highest BCUT2D eigenvalue weighted by Gasteiger charge is 2.39. The quantitative estimate of drug-likeness (QED) is 0.808. The van der Waals surface area contributed by atoms with Gasteiger partial charge in [0.1, 0.15) is 0 Å². The van der Waals surface area contributed by atoms with E-state index in [4.69, 9.17) is 4.74 Å². The van der Waals surface area contributed by atoms with Crippen molar-refractivity contribution >= 4 is 5.97 Å². The highest BCUT2D eigenvalue weighted by molar-refractivity contribution is 5.77. The fraction of sp³-hybridized carbons (Fsp3) is 0.533.